The minimum Gasteiger partial charge on any atom is -0.383 e. The predicted octanol–water partition coefficient (Wildman–Crippen LogP) is 4.37. The van der Waals surface area contributed by atoms with Gasteiger partial charge in [-0.3, -0.25) is 10.1 Å². The smallest absolute Gasteiger partial charge is 0.315 e. The van der Waals surface area contributed by atoms with Crippen molar-refractivity contribution in [1.82, 2.24) is 10.6 Å². The van der Waals surface area contributed by atoms with Crippen LogP contribution >= 0.6 is 23.2 Å². The number of nitro groups is 1. The number of rotatable bonds is 7. The summed E-state index contributed by atoms with van der Waals surface area (Å²) in [6.45, 7) is 2.71. The Kier molecular flexibility index (Phi) is 7.06. The van der Waals surface area contributed by atoms with Gasteiger partial charge in [-0.05, 0) is 36.8 Å². The van der Waals surface area contributed by atoms with Crippen molar-refractivity contribution in [2.45, 2.75) is 13.0 Å². The van der Waals surface area contributed by atoms with Gasteiger partial charge in [0.2, 0.25) is 0 Å². The molecule has 0 spiro atoms. The summed E-state index contributed by atoms with van der Waals surface area (Å²) in [4.78, 5) is 22.1. The fourth-order valence-corrected chi connectivity index (χ4v) is 2.50. The monoisotopic (exact) mass is 396 g/mol. The summed E-state index contributed by atoms with van der Waals surface area (Å²) in [5, 5.41) is 20.1. The van der Waals surface area contributed by atoms with Gasteiger partial charge in [-0.15, -0.1) is 0 Å². The van der Waals surface area contributed by atoms with Gasteiger partial charge < -0.3 is 16.0 Å². The van der Waals surface area contributed by atoms with Crippen molar-refractivity contribution >= 4 is 40.6 Å². The van der Waals surface area contributed by atoms with Crippen molar-refractivity contribution in [2.24, 2.45) is 0 Å². The lowest BCUT2D eigenvalue weighted by Crippen LogP contribution is -2.39. The molecule has 0 heterocycles. The van der Waals surface area contributed by atoms with E-state index < -0.39 is 4.92 Å². The first-order chi connectivity index (χ1) is 12.4. The van der Waals surface area contributed by atoms with E-state index in [0.717, 1.165) is 11.3 Å². The molecule has 2 rings (SSSR count). The van der Waals surface area contributed by atoms with E-state index in [4.69, 9.17) is 23.2 Å². The number of non-ortho nitro benzene ring substituents is 1. The van der Waals surface area contributed by atoms with Gasteiger partial charge >= 0.3 is 6.03 Å². The summed E-state index contributed by atoms with van der Waals surface area (Å²) in [5.74, 6) is 0. The molecular formula is C17H18Cl2N4O3. The second-order valence-electron chi connectivity index (χ2n) is 5.53. The Balaban J connectivity index is 1.72. The van der Waals surface area contributed by atoms with Crippen LogP contribution in [0.1, 0.15) is 18.5 Å². The molecule has 9 heteroatoms. The van der Waals surface area contributed by atoms with Gasteiger partial charge in [0, 0.05) is 30.9 Å². The Hall–Kier alpha value is -2.51. The Bertz CT molecular complexity index is 784. The minimum absolute atomic E-state index is 0.0318. The Morgan fingerprint density at radius 1 is 1.12 bits per heavy atom. The van der Waals surface area contributed by atoms with Crippen LogP contribution in [0, 0.1) is 10.1 Å². The molecule has 26 heavy (non-hydrogen) atoms. The van der Waals surface area contributed by atoms with Crippen LogP contribution in [0.25, 0.3) is 0 Å². The topological polar surface area (TPSA) is 96.3 Å². The first kappa shape index (κ1) is 19.8. The molecule has 0 unspecified atom stereocenters. The van der Waals surface area contributed by atoms with Crippen LogP contribution in [0.4, 0.5) is 16.2 Å². The van der Waals surface area contributed by atoms with Crippen LogP contribution in [-0.4, -0.2) is 24.0 Å². The summed E-state index contributed by atoms with van der Waals surface area (Å²) < 4.78 is 0. The van der Waals surface area contributed by atoms with Gasteiger partial charge in [0.15, 0.2) is 0 Å². The zero-order chi connectivity index (χ0) is 19.1. The lowest BCUT2D eigenvalue weighted by atomic mass is 10.1. The molecule has 0 aliphatic heterocycles. The average molecular weight is 397 g/mol. The van der Waals surface area contributed by atoms with Crippen molar-refractivity contribution in [3.63, 3.8) is 0 Å². The first-order valence-electron chi connectivity index (χ1n) is 7.84. The number of nitrogens with zero attached hydrogens (tertiary/aromatic N) is 1. The summed E-state index contributed by atoms with van der Waals surface area (Å²) >= 11 is 11.9. The quantitative estimate of drug-likeness (QED) is 0.367. The van der Waals surface area contributed by atoms with E-state index in [9.17, 15) is 14.9 Å². The molecule has 2 aromatic rings. The number of amides is 2. The van der Waals surface area contributed by atoms with E-state index in [2.05, 4.69) is 16.0 Å². The van der Waals surface area contributed by atoms with Gasteiger partial charge in [-0.25, -0.2) is 4.79 Å². The third-order valence-electron chi connectivity index (χ3n) is 3.61. The highest BCUT2D eigenvalue weighted by Gasteiger charge is 2.10. The maximum absolute atomic E-state index is 11.9. The second-order valence-corrected chi connectivity index (χ2v) is 6.34. The molecule has 138 valence electrons. The highest BCUT2D eigenvalue weighted by Crippen LogP contribution is 2.25. The molecule has 0 bridgehead atoms. The van der Waals surface area contributed by atoms with Crippen LogP contribution in [-0.2, 0) is 0 Å². The molecule has 0 aliphatic rings. The lowest BCUT2D eigenvalue weighted by molar-refractivity contribution is -0.384. The number of nitro benzene ring substituents is 1. The van der Waals surface area contributed by atoms with Crippen LogP contribution in [0.3, 0.4) is 0 Å². The summed E-state index contributed by atoms with van der Waals surface area (Å²) in [7, 11) is 0. The number of halogens is 2. The zero-order valence-electron chi connectivity index (χ0n) is 14.0. The fraction of sp³-hybridized carbons (Fsp3) is 0.235. The number of hydrogen-bond donors (Lipinski definition) is 3. The molecule has 0 saturated carbocycles. The maximum atomic E-state index is 11.9. The number of nitrogens with one attached hydrogen (secondary N) is 3. The molecular weight excluding hydrogens is 379 g/mol. The van der Waals surface area contributed by atoms with E-state index in [0.29, 0.717) is 23.1 Å². The van der Waals surface area contributed by atoms with Crippen molar-refractivity contribution in [2.75, 3.05) is 18.4 Å². The van der Waals surface area contributed by atoms with Crippen LogP contribution in [0.2, 0.25) is 10.0 Å². The van der Waals surface area contributed by atoms with Crippen molar-refractivity contribution < 1.29 is 9.72 Å². The van der Waals surface area contributed by atoms with Crippen LogP contribution in [0.15, 0.2) is 42.5 Å². The molecule has 2 amide bonds. The first-order valence-corrected chi connectivity index (χ1v) is 8.60. The molecule has 0 radical (unpaired) electrons. The average Bonchev–Trinajstić information content (AvgIpc) is 2.61. The SMILES string of the molecule is C[C@H](NC(=O)NCCNc1ccc([N+](=O)[O-])cc1)c1ccc(Cl)c(Cl)c1. The lowest BCUT2D eigenvalue weighted by Gasteiger charge is -2.16. The second kappa shape index (κ2) is 9.26. The minimum atomic E-state index is -0.454. The fourth-order valence-electron chi connectivity index (χ4n) is 2.20. The molecule has 2 aromatic carbocycles. The molecule has 7 nitrogen and oxygen atoms in total. The van der Waals surface area contributed by atoms with Gasteiger partial charge in [0.05, 0.1) is 21.0 Å². The van der Waals surface area contributed by atoms with E-state index in [1.807, 2.05) is 6.92 Å². The molecule has 0 saturated heterocycles. The van der Waals surface area contributed by atoms with Gasteiger partial charge in [0.1, 0.15) is 0 Å². The van der Waals surface area contributed by atoms with E-state index in [1.165, 1.54) is 12.1 Å². The highest BCUT2D eigenvalue weighted by molar-refractivity contribution is 6.42. The number of benzene rings is 2. The highest BCUT2D eigenvalue weighted by atomic mass is 35.5. The zero-order valence-corrected chi connectivity index (χ0v) is 15.5. The van der Waals surface area contributed by atoms with Gasteiger partial charge in [-0.2, -0.15) is 0 Å². The Morgan fingerprint density at radius 3 is 2.42 bits per heavy atom. The third-order valence-corrected chi connectivity index (χ3v) is 4.35. The van der Waals surface area contributed by atoms with E-state index in [-0.39, 0.29) is 17.8 Å². The van der Waals surface area contributed by atoms with E-state index >= 15 is 0 Å². The Morgan fingerprint density at radius 2 is 1.81 bits per heavy atom. The molecule has 0 aromatic heterocycles. The Labute approximate surface area is 160 Å². The normalized spacial score (nSPS) is 11.5. The number of hydrogen-bond acceptors (Lipinski definition) is 4. The van der Waals surface area contributed by atoms with Crippen molar-refractivity contribution in [3.8, 4) is 0 Å². The van der Waals surface area contributed by atoms with E-state index in [1.54, 1.807) is 30.3 Å². The summed E-state index contributed by atoms with van der Waals surface area (Å²) in [6, 6.07) is 10.7. The van der Waals surface area contributed by atoms with Gasteiger partial charge in [-0.1, -0.05) is 29.3 Å². The number of carbonyl (C=O) groups excluding carboxylic acids is 1. The molecule has 0 fully saturated rings. The standard InChI is InChI=1S/C17H18Cl2N4O3/c1-11(12-2-7-15(18)16(19)10-12)22-17(24)21-9-8-20-13-3-5-14(6-4-13)23(25)26/h2-7,10-11,20H,8-9H2,1H3,(H2,21,22,24)/t11-/m0/s1. The van der Waals surface area contributed by atoms with Crippen LogP contribution in [0.5, 0.6) is 0 Å². The number of carbonyl (C=O) groups is 1. The van der Waals surface area contributed by atoms with Crippen LogP contribution < -0.4 is 16.0 Å². The molecule has 0 aliphatic carbocycles. The van der Waals surface area contributed by atoms with Crippen molar-refractivity contribution in [1.29, 1.82) is 0 Å². The third kappa shape index (κ3) is 5.79. The maximum Gasteiger partial charge on any atom is 0.315 e. The van der Waals surface area contributed by atoms with Gasteiger partial charge in [0.25, 0.3) is 5.69 Å². The van der Waals surface area contributed by atoms with Crippen molar-refractivity contribution in [3.05, 3.63) is 68.2 Å². The number of urea groups is 1. The number of anilines is 1. The summed E-state index contributed by atoms with van der Waals surface area (Å²) in [5.41, 5.74) is 1.62. The summed E-state index contributed by atoms with van der Waals surface area (Å²) in [6.07, 6.45) is 0. The molecule has 3 N–H and O–H groups in total. The predicted molar refractivity (Wildman–Crippen MR) is 103 cm³/mol. The largest absolute Gasteiger partial charge is 0.383 e. The molecule has 1 atom stereocenters.